The molecule has 1 N–H and O–H groups in total. The fraction of sp³-hybridized carbons (Fsp3) is 0.708. The van der Waals surface area contributed by atoms with Crippen molar-refractivity contribution in [2.75, 3.05) is 13.7 Å². The Hall–Kier alpha value is -1.55. The lowest BCUT2D eigenvalue weighted by Crippen LogP contribution is -2.48. The van der Waals surface area contributed by atoms with Gasteiger partial charge in [-0.1, -0.05) is 13.0 Å². The molecule has 0 radical (unpaired) electrons. The van der Waals surface area contributed by atoms with Gasteiger partial charge in [-0.2, -0.15) is 0 Å². The summed E-state index contributed by atoms with van der Waals surface area (Å²) in [6, 6.07) is 6.62. The quantitative estimate of drug-likeness (QED) is 0.758. The van der Waals surface area contributed by atoms with Crippen molar-refractivity contribution >= 4 is 5.97 Å². The van der Waals surface area contributed by atoms with Crippen LogP contribution in [-0.2, 0) is 16.0 Å². The van der Waals surface area contributed by atoms with Gasteiger partial charge in [0.1, 0.15) is 11.9 Å². The monoisotopic (exact) mass is 386 g/mol. The van der Waals surface area contributed by atoms with Crippen LogP contribution in [0.2, 0.25) is 0 Å². The van der Waals surface area contributed by atoms with Gasteiger partial charge in [0.25, 0.3) is 0 Å². The summed E-state index contributed by atoms with van der Waals surface area (Å²) in [5, 5.41) is 9.47. The molecule has 0 amide bonds. The van der Waals surface area contributed by atoms with Crippen molar-refractivity contribution in [1.29, 1.82) is 0 Å². The topological polar surface area (TPSA) is 55.8 Å². The van der Waals surface area contributed by atoms with Crippen molar-refractivity contribution in [2.24, 2.45) is 23.2 Å². The molecule has 0 aliphatic heterocycles. The molecule has 4 rings (SSSR count). The van der Waals surface area contributed by atoms with Crippen LogP contribution in [0.3, 0.4) is 0 Å². The largest absolute Gasteiger partial charge is 0.497 e. The number of hydrogen-bond donors (Lipinski definition) is 1. The van der Waals surface area contributed by atoms with Crippen LogP contribution in [0.4, 0.5) is 0 Å². The van der Waals surface area contributed by atoms with E-state index in [0.717, 1.165) is 50.7 Å². The SMILES string of the molecule is COc1ccc2c(c1)C[C@@H](CCCO)[C@@H]1[C@@H]2CC[C@]2(C)[C@@H](OC(C)=O)CC[C@@H]12. The summed E-state index contributed by atoms with van der Waals surface area (Å²) in [5.41, 5.74) is 3.03. The maximum Gasteiger partial charge on any atom is 0.302 e. The number of carbonyl (C=O) groups is 1. The molecule has 28 heavy (non-hydrogen) atoms. The minimum absolute atomic E-state index is 0.0618. The highest BCUT2D eigenvalue weighted by molar-refractivity contribution is 5.66. The van der Waals surface area contributed by atoms with Gasteiger partial charge in [-0.15, -0.1) is 0 Å². The predicted molar refractivity (Wildman–Crippen MR) is 108 cm³/mol. The van der Waals surface area contributed by atoms with E-state index in [2.05, 4.69) is 25.1 Å². The number of methoxy groups -OCH3 is 1. The Labute approximate surface area is 168 Å². The Balaban J connectivity index is 1.68. The molecular weight excluding hydrogens is 352 g/mol. The molecule has 2 saturated carbocycles. The summed E-state index contributed by atoms with van der Waals surface area (Å²) in [5.74, 6) is 3.16. The Morgan fingerprint density at radius 1 is 1.29 bits per heavy atom. The van der Waals surface area contributed by atoms with Gasteiger partial charge in [-0.25, -0.2) is 0 Å². The average molecular weight is 387 g/mol. The highest BCUT2D eigenvalue weighted by atomic mass is 16.5. The fourth-order valence-corrected chi connectivity index (χ4v) is 6.87. The number of esters is 1. The van der Waals surface area contributed by atoms with Crippen LogP contribution in [0, 0.1) is 23.2 Å². The first-order valence-electron chi connectivity index (χ1n) is 10.9. The van der Waals surface area contributed by atoms with E-state index >= 15 is 0 Å². The zero-order valence-electron chi connectivity index (χ0n) is 17.4. The summed E-state index contributed by atoms with van der Waals surface area (Å²) in [6.45, 7) is 4.16. The summed E-state index contributed by atoms with van der Waals surface area (Å²) < 4.78 is 11.3. The summed E-state index contributed by atoms with van der Waals surface area (Å²) >= 11 is 0. The molecular formula is C24H34O4. The molecule has 0 heterocycles. The van der Waals surface area contributed by atoms with Crippen LogP contribution in [0.25, 0.3) is 0 Å². The van der Waals surface area contributed by atoms with E-state index in [-0.39, 0.29) is 24.1 Å². The van der Waals surface area contributed by atoms with E-state index < -0.39 is 0 Å². The Bertz CT molecular complexity index is 729. The van der Waals surface area contributed by atoms with Crippen LogP contribution in [-0.4, -0.2) is 30.9 Å². The van der Waals surface area contributed by atoms with Crippen molar-refractivity contribution in [3.63, 3.8) is 0 Å². The van der Waals surface area contributed by atoms with Crippen LogP contribution >= 0.6 is 0 Å². The maximum absolute atomic E-state index is 11.7. The molecule has 0 spiro atoms. The van der Waals surface area contributed by atoms with Gasteiger partial charge < -0.3 is 14.6 Å². The lowest BCUT2D eigenvalue weighted by atomic mass is 9.52. The second-order valence-corrected chi connectivity index (χ2v) is 9.41. The minimum Gasteiger partial charge on any atom is -0.497 e. The lowest BCUT2D eigenvalue weighted by Gasteiger charge is -2.53. The molecule has 0 bridgehead atoms. The third kappa shape index (κ3) is 3.24. The van der Waals surface area contributed by atoms with Crippen molar-refractivity contribution in [2.45, 2.75) is 70.8 Å². The normalized spacial score (nSPS) is 36.2. The highest BCUT2D eigenvalue weighted by Gasteiger charge is 2.57. The van der Waals surface area contributed by atoms with Crippen LogP contribution < -0.4 is 4.74 Å². The van der Waals surface area contributed by atoms with Crippen LogP contribution in [0.5, 0.6) is 5.75 Å². The highest BCUT2D eigenvalue weighted by Crippen LogP contribution is 2.63. The van der Waals surface area contributed by atoms with E-state index in [9.17, 15) is 9.90 Å². The third-order valence-corrected chi connectivity index (χ3v) is 8.06. The Morgan fingerprint density at radius 2 is 2.11 bits per heavy atom. The molecule has 3 aliphatic rings. The lowest BCUT2D eigenvalue weighted by molar-refractivity contribution is -0.155. The summed E-state index contributed by atoms with van der Waals surface area (Å²) in [7, 11) is 1.73. The molecule has 0 saturated heterocycles. The number of carbonyl (C=O) groups excluding carboxylic acids is 1. The molecule has 0 unspecified atom stereocenters. The predicted octanol–water partition coefficient (Wildman–Crippen LogP) is 4.48. The molecule has 0 aromatic heterocycles. The van der Waals surface area contributed by atoms with Crippen molar-refractivity contribution in [3.8, 4) is 5.75 Å². The number of aliphatic hydroxyl groups is 1. The van der Waals surface area contributed by atoms with E-state index in [1.54, 1.807) is 7.11 Å². The maximum atomic E-state index is 11.7. The number of rotatable bonds is 5. The van der Waals surface area contributed by atoms with E-state index in [1.165, 1.54) is 18.1 Å². The molecule has 4 heteroatoms. The molecule has 154 valence electrons. The minimum atomic E-state index is -0.146. The number of ether oxygens (including phenoxy) is 2. The summed E-state index contributed by atoms with van der Waals surface area (Å²) in [6.07, 6.45) is 7.48. The molecule has 4 nitrogen and oxygen atoms in total. The van der Waals surface area contributed by atoms with Crippen molar-refractivity contribution in [1.82, 2.24) is 0 Å². The van der Waals surface area contributed by atoms with Gasteiger partial charge in [0.15, 0.2) is 0 Å². The number of hydrogen-bond acceptors (Lipinski definition) is 4. The Kier molecular flexibility index (Phi) is 5.43. The van der Waals surface area contributed by atoms with Crippen molar-refractivity contribution in [3.05, 3.63) is 29.3 Å². The van der Waals surface area contributed by atoms with Gasteiger partial charge in [0.2, 0.25) is 0 Å². The number of fused-ring (bicyclic) bond motifs is 5. The molecule has 1 aromatic carbocycles. The standard InChI is InChI=1S/C24H34O4/c1-15(26)28-22-9-8-21-23-16(5-4-12-25)13-17-14-18(27-3)6-7-19(17)20(23)10-11-24(21,22)2/h6-7,14,16,20-23,25H,4-5,8-13H2,1-3H3/t16-,20-,21+,22+,23-,24+/m1/s1. The number of aliphatic hydroxyl groups excluding tert-OH is 1. The fourth-order valence-electron chi connectivity index (χ4n) is 6.87. The van der Waals surface area contributed by atoms with Gasteiger partial charge in [0, 0.05) is 18.9 Å². The first kappa shape index (κ1) is 19.8. The van der Waals surface area contributed by atoms with Crippen molar-refractivity contribution < 1.29 is 19.4 Å². The van der Waals surface area contributed by atoms with Crippen LogP contribution in [0.1, 0.15) is 69.4 Å². The smallest absolute Gasteiger partial charge is 0.302 e. The second kappa shape index (κ2) is 7.70. The third-order valence-electron chi connectivity index (χ3n) is 8.06. The average Bonchev–Trinajstić information content (AvgIpc) is 3.01. The van der Waals surface area contributed by atoms with Gasteiger partial charge in [-0.05, 0) is 91.9 Å². The zero-order chi connectivity index (χ0) is 19.9. The zero-order valence-corrected chi connectivity index (χ0v) is 17.4. The molecule has 3 aliphatic carbocycles. The molecule has 1 aromatic rings. The van der Waals surface area contributed by atoms with Gasteiger partial charge in [0.05, 0.1) is 7.11 Å². The van der Waals surface area contributed by atoms with E-state index in [1.807, 2.05) is 0 Å². The first-order valence-corrected chi connectivity index (χ1v) is 10.9. The second-order valence-electron chi connectivity index (χ2n) is 9.41. The Morgan fingerprint density at radius 3 is 2.82 bits per heavy atom. The van der Waals surface area contributed by atoms with Crippen LogP contribution in [0.15, 0.2) is 18.2 Å². The van der Waals surface area contributed by atoms with Gasteiger partial charge >= 0.3 is 5.97 Å². The van der Waals surface area contributed by atoms with E-state index in [4.69, 9.17) is 9.47 Å². The summed E-state index contributed by atoms with van der Waals surface area (Å²) in [4.78, 5) is 11.7. The molecule has 6 atom stereocenters. The first-order chi connectivity index (χ1) is 13.5. The molecule has 2 fully saturated rings. The van der Waals surface area contributed by atoms with Gasteiger partial charge in [-0.3, -0.25) is 4.79 Å². The van der Waals surface area contributed by atoms with E-state index in [0.29, 0.717) is 23.7 Å². The number of benzene rings is 1.